The van der Waals surface area contributed by atoms with Crippen LogP contribution < -0.4 is 5.32 Å². The summed E-state index contributed by atoms with van der Waals surface area (Å²) in [6.45, 7) is 6.35. The minimum absolute atomic E-state index is 0.155. The molecule has 0 radical (unpaired) electrons. The minimum atomic E-state index is -0.612. The van der Waals surface area contributed by atoms with Gasteiger partial charge in [-0.1, -0.05) is 13.3 Å². The Morgan fingerprint density at radius 1 is 1.12 bits per heavy atom. The van der Waals surface area contributed by atoms with Crippen LogP contribution in [0.5, 0.6) is 0 Å². The Balaban J connectivity index is 2.87. The zero-order chi connectivity index (χ0) is 19.0. The lowest BCUT2D eigenvalue weighted by atomic mass is 10.1. The van der Waals surface area contributed by atoms with Gasteiger partial charge in [-0.3, -0.25) is 14.4 Å². The number of thiophene rings is 1. The molecule has 0 aromatic carbocycles. The highest BCUT2D eigenvalue weighted by Gasteiger charge is 2.25. The number of ether oxygens (including phenoxy) is 2. The molecule has 138 valence electrons. The number of rotatable bonds is 9. The maximum atomic E-state index is 12.1. The van der Waals surface area contributed by atoms with E-state index in [1.165, 1.54) is 6.92 Å². The van der Waals surface area contributed by atoms with Gasteiger partial charge in [0.1, 0.15) is 5.00 Å². The van der Waals surface area contributed by atoms with E-state index in [1.54, 1.807) is 13.8 Å². The van der Waals surface area contributed by atoms with Crippen LogP contribution in [0.2, 0.25) is 0 Å². The molecule has 1 amide bonds. The van der Waals surface area contributed by atoms with E-state index in [2.05, 4.69) is 5.32 Å². The summed E-state index contributed by atoms with van der Waals surface area (Å²) in [5.74, 6) is -1.85. The van der Waals surface area contributed by atoms with Gasteiger partial charge < -0.3 is 14.8 Å². The summed E-state index contributed by atoms with van der Waals surface area (Å²) in [5.41, 5.74) is 0.619. The molecule has 0 spiro atoms. The predicted molar refractivity (Wildman–Crippen MR) is 94.1 cm³/mol. The Labute approximate surface area is 150 Å². The van der Waals surface area contributed by atoms with Gasteiger partial charge in [-0.2, -0.15) is 0 Å². The van der Waals surface area contributed by atoms with Gasteiger partial charge in [-0.25, -0.2) is 4.79 Å². The van der Waals surface area contributed by atoms with E-state index in [4.69, 9.17) is 9.47 Å². The summed E-state index contributed by atoms with van der Waals surface area (Å²) < 4.78 is 9.87. The number of hydrogen-bond donors (Lipinski definition) is 1. The van der Waals surface area contributed by atoms with Crippen LogP contribution in [-0.2, 0) is 19.1 Å². The fraction of sp³-hybridized carbons (Fsp3) is 0.529. The van der Waals surface area contributed by atoms with Crippen molar-refractivity contribution in [2.75, 3.05) is 18.5 Å². The fourth-order valence-electron chi connectivity index (χ4n) is 2.09. The van der Waals surface area contributed by atoms with E-state index in [-0.39, 0.29) is 29.4 Å². The summed E-state index contributed by atoms with van der Waals surface area (Å²) >= 11 is 1.00. The molecular formula is C17H23NO6S. The number of hydrogen-bond acceptors (Lipinski definition) is 7. The van der Waals surface area contributed by atoms with E-state index in [9.17, 15) is 19.2 Å². The largest absolute Gasteiger partial charge is 0.462 e. The van der Waals surface area contributed by atoms with Gasteiger partial charge in [0.2, 0.25) is 0 Å². The van der Waals surface area contributed by atoms with Crippen LogP contribution in [0.15, 0.2) is 0 Å². The van der Waals surface area contributed by atoms with E-state index < -0.39 is 24.5 Å². The molecule has 1 rings (SSSR count). The van der Waals surface area contributed by atoms with Crippen molar-refractivity contribution in [1.29, 1.82) is 0 Å². The van der Waals surface area contributed by atoms with Gasteiger partial charge in [-0.15, -0.1) is 11.3 Å². The highest BCUT2D eigenvalue weighted by Crippen LogP contribution is 2.34. The molecule has 25 heavy (non-hydrogen) atoms. The van der Waals surface area contributed by atoms with E-state index >= 15 is 0 Å². The molecule has 1 aromatic rings. The molecule has 0 aliphatic rings. The van der Waals surface area contributed by atoms with Crippen LogP contribution in [0.25, 0.3) is 0 Å². The number of Topliss-reactive ketones (excluding diaryl/α,β-unsaturated/α-hetero) is 1. The van der Waals surface area contributed by atoms with Crippen LogP contribution in [0.3, 0.4) is 0 Å². The van der Waals surface area contributed by atoms with Crippen molar-refractivity contribution in [2.24, 2.45) is 0 Å². The maximum Gasteiger partial charge on any atom is 0.341 e. The van der Waals surface area contributed by atoms with Gasteiger partial charge in [0, 0.05) is 6.42 Å². The number of amides is 1. The SMILES string of the molecule is CCCCC(=O)OCC(=O)Nc1sc(C(C)=O)c(C)c1C(=O)OCC. The van der Waals surface area contributed by atoms with Gasteiger partial charge in [0.25, 0.3) is 5.91 Å². The molecule has 0 bridgehead atoms. The number of nitrogens with one attached hydrogen (secondary N) is 1. The van der Waals surface area contributed by atoms with E-state index in [0.717, 1.165) is 17.8 Å². The molecule has 7 nitrogen and oxygen atoms in total. The average molecular weight is 369 g/mol. The standard InChI is InChI=1S/C17H23NO6S/c1-5-7-8-13(21)24-9-12(20)18-16-14(17(22)23-6-2)10(3)15(25-16)11(4)19/h5-9H2,1-4H3,(H,18,20). The second-order valence-electron chi connectivity index (χ2n) is 5.35. The number of ketones is 1. The monoisotopic (exact) mass is 369 g/mol. The Morgan fingerprint density at radius 2 is 1.80 bits per heavy atom. The van der Waals surface area contributed by atoms with Gasteiger partial charge in [-0.05, 0) is 32.8 Å². The minimum Gasteiger partial charge on any atom is -0.462 e. The highest BCUT2D eigenvalue weighted by molar-refractivity contribution is 7.18. The lowest BCUT2D eigenvalue weighted by Crippen LogP contribution is -2.21. The Hall–Kier alpha value is -2.22. The van der Waals surface area contributed by atoms with Crippen LogP contribution in [0.4, 0.5) is 5.00 Å². The second-order valence-corrected chi connectivity index (χ2v) is 6.37. The molecule has 0 aliphatic heterocycles. The second kappa shape index (κ2) is 9.93. The quantitative estimate of drug-likeness (QED) is 0.530. The molecule has 0 atom stereocenters. The molecule has 1 heterocycles. The van der Waals surface area contributed by atoms with Crippen molar-refractivity contribution in [3.63, 3.8) is 0 Å². The number of esters is 2. The molecule has 0 aliphatic carbocycles. The zero-order valence-corrected chi connectivity index (χ0v) is 15.7. The molecule has 8 heteroatoms. The molecule has 1 N–H and O–H groups in total. The summed E-state index contributed by atoms with van der Waals surface area (Å²) in [6, 6.07) is 0. The first-order valence-electron chi connectivity index (χ1n) is 8.08. The van der Waals surface area contributed by atoms with Crippen LogP contribution in [-0.4, -0.2) is 36.8 Å². The lowest BCUT2D eigenvalue weighted by molar-refractivity contribution is -0.147. The number of carbonyl (C=O) groups excluding carboxylic acids is 4. The van der Waals surface area contributed by atoms with Gasteiger partial charge in [0.15, 0.2) is 12.4 Å². The van der Waals surface area contributed by atoms with Crippen molar-refractivity contribution in [3.05, 3.63) is 16.0 Å². The summed E-state index contributed by atoms with van der Waals surface area (Å²) in [6.07, 6.45) is 1.80. The molecule has 0 saturated heterocycles. The Bertz CT molecular complexity index is 664. The van der Waals surface area contributed by atoms with Crippen LogP contribution in [0.1, 0.15) is 65.6 Å². The van der Waals surface area contributed by atoms with Crippen molar-refractivity contribution in [1.82, 2.24) is 0 Å². The molecular weight excluding hydrogens is 346 g/mol. The van der Waals surface area contributed by atoms with E-state index in [1.807, 2.05) is 6.92 Å². The third-order valence-corrected chi connectivity index (χ3v) is 4.61. The summed E-state index contributed by atoms with van der Waals surface area (Å²) in [4.78, 5) is 47.6. The highest BCUT2D eigenvalue weighted by atomic mass is 32.1. The van der Waals surface area contributed by atoms with Crippen molar-refractivity contribution in [2.45, 2.75) is 47.0 Å². The number of unbranched alkanes of at least 4 members (excludes halogenated alkanes) is 1. The van der Waals surface area contributed by atoms with Gasteiger partial charge in [0.05, 0.1) is 17.0 Å². The Kier molecular flexibility index (Phi) is 8.27. The number of anilines is 1. The first kappa shape index (κ1) is 20.8. The van der Waals surface area contributed by atoms with Crippen LogP contribution in [0, 0.1) is 6.92 Å². The molecule has 0 unspecified atom stereocenters. The van der Waals surface area contributed by atoms with Crippen LogP contribution >= 0.6 is 11.3 Å². The Morgan fingerprint density at radius 3 is 2.36 bits per heavy atom. The molecule has 1 aromatic heterocycles. The van der Waals surface area contributed by atoms with E-state index in [0.29, 0.717) is 16.9 Å². The molecule has 0 saturated carbocycles. The number of carbonyl (C=O) groups is 4. The third-order valence-electron chi connectivity index (χ3n) is 3.30. The summed E-state index contributed by atoms with van der Waals surface area (Å²) in [5, 5.41) is 2.75. The lowest BCUT2D eigenvalue weighted by Gasteiger charge is -2.07. The maximum absolute atomic E-state index is 12.1. The van der Waals surface area contributed by atoms with Crippen molar-refractivity contribution >= 4 is 40.0 Å². The average Bonchev–Trinajstić information content (AvgIpc) is 2.87. The normalized spacial score (nSPS) is 10.2. The first-order valence-corrected chi connectivity index (χ1v) is 8.90. The predicted octanol–water partition coefficient (Wildman–Crippen LogP) is 3.11. The van der Waals surface area contributed by atoms with Crippen molar-refractivity contribution < 1.29 is 28.7 Å². The third kappa shape index (κ3) is 5.97. The van der Waals surface area contributed by atoms with Gasteiger partial charge >= 0.3 is 11.9 Å². The first-order chi connectivity index (χ1) is 11.8. The smallest absolute Gasteiger partial charge is 0.341 e. The molecule has 0 fully saturated rings. The zero-order valence-electron chi connectivity index (χ0n) is 14.9. The topological polar surface area (TPSA) is 98.8 Å². The summed E-state index contributed by atoms with van der Waals surface area (Å²) in [7, 11) is 0. The fourth-order valence-corrected chi connectivity index (χ4v) is 3.19. The van der Waals surface area contributed by atoms with Crippen molar-refractivity contribution in [3.8, 4) is 0 Å².